The molecule has 0 heterocycles. The van der Waals surface area contributed by atoms with Gasteiger partial charge in [0.15, 0.2) is 0 Å². The van der Waals surface area contributed by atoms with Gasteiger partial charge in [-0.15, -0.1) is 0 Å². The number of hydrogen-bond acceptors (Lipinski definition) is 3. The van der Waals surface area contributed by atoms with E-state index in [1.807, 2.05) is 36.4 Å². The largest absolute Gasteiger partial charge is 0.497 e. The zero-order valence-corrected chi connectivity index (χ0v) is 11.8. The molecule has 4 nitrogen and oxygen atoms in total. The third-order valence-electron chi connectivity index (χ3n) is 2.67. The highest BCUT2D eigenvalue weighted by Crippen LogP contribution is 2.20. The molecule has 0 spiro atoms. The standard InChI is InChI=1S/C15H15ClN2O2/c1-20-12-6-4-5-11(9-12)17-10-15(19)18-14-8-3-2-7-13(14)16/h2-9,17H,10H2,1H3,(H,18,19). The fourth-order valence-electron chi connectivity index (χ4n) is 1.67. The molecule has 0 saturated carbocycles. The van der Waals surface area contributed by atoms with Crippen LogP contribution in [0.3, 0.4) is 0 Å². The van der Waals surface area contributed by atoms with Gasteiger partial charge in [0.05, 0.1) is 24.4 Å². The first-order valence-corrected chi connectivity index (χ1v) is 6.49. The Morgan fingerprint density at radius 1 is 1.20 bits per heavy atom. The van der Waals surface area contributed by atoms with Gasteiger partial charge in [0.25, 0.3) is 0 Å². The maximum Gasteiger partial charge on any atom is 0.243 e. The van der Waals surface area contributed by atoms with Gasteiger partial charge in [0.1, 0.15) is 5.75 Å². The van der Waals surface area contributed by atoms with Gasteiger partial charge in [-0.3, -0.25) is 4.79 Å². The lowest BCUT2D eigenvalue weighted by Crippen LogP contribution is -2.21. The maximum absolute atomic E-state index is 11.8. The van der Waals surface area contributed by atoms with E-state index in [1.54, 1.807) is 19.2 Å². The molecule has 0 atom stereocenters. The first-order chi connectivity index (χ1) is 9.69. The Hall–Kier alpha value is -2.20. The van der Waals surface area contributed by atoms with Crippen molar-refractivity contribution in [3.8, 4) is 5.75 Å². The number of carbonyl (C=O) groups excluding carboxylic acids is 1. The summed E-state index contributed by atoms with van der Waals surface area (Å²) in [5, 5.41) is 6.28. The van der Waals surface area contributed by atoms with E-state index in [9.17, 15) is 4.79 Å². The molecule has 20 heavy (non-hydrogen) atoms. The van der Waals surface area contributed by atoms with Crippen LogP contribution in [-0.2, 0) is 4.79 Å². The van der Waals surface area contributed by atoms with Crippen LogP contribution in [0.15, 0.2) is 48.5 Å². The number of rotatable bonds is 5. The third kappa shape index (κ3) is 3.90. The normalized spacial score (nSPS) is 9.90. The average Bonchev–Trinajstić information content (AvgIpc) is 2.48. The summed E-state index contributed by atoms with van der Waals surface area (Å²) in [6.45, 7) is 0.151. The molecule has 0 aromatic heterocycles. The molecule has 0 aliphatic rings. The van der Waals surface area contributed by atoms with Crippen LogP contribution in [0.4, 0.5) is 11.4 Å². The third-order valence-corrected chi connectivity index (χ3v) is 3.00. The molecule has 104 valence electrons. The Labute approximate surface area is 122 Å². The summed E-state index contributed by atoms with van der Waals surface area (Å²) in [7, 11) is 1.60. The Morgan fingerprint density at radius 3 is 2.75 bits per heavy atom. The van der Waals surface area contributed by atoms with Crippen molar-refractivity contribution < 1.29 is 9.53 Å². The van der Waals surface area contributed by atoms with Crippen molar-refractivity contribution in [2.24, 2.45) is 0 Å². The number of anilines is 2. The van der Waals surface area contributed by atoms with Crippen LogP contribution in [0.1, 0.15) is 0 Å². The molecule has 2 aromatic rings. The van der Waals surface area contributed by atoms with Gasteiger partial charge in [-0.2, -0.15) is 0 Å². The molecule has 0 aliphatic carbocycles. The number of methoxy groups -OCH3 is 1. The van der Waals surface area contributed by atoms with Gasteiger partial charge in [-0.05, 0) is 24.3 Å². The molecule has 0 bridgehead atoms. The molecule has 0 aliphatic heterocycles. The highest BCUT2D eigenvalue weighted by Gasteiger charge is 2.05. The van der Waals surface area contributed by atoms with E-state index in [-0.39, 0.29) is 12.5 Å². The topological polar surface area (TPSA) is 50.4 Å². The molecule has 0 unspecified atom stereocenters. The van der Waals surface area contributed by atoms with E-state index < -0.39 is 0 Å². The quantitative estimate of drug-likeness (QED) is 0.887. The molecule has 2 aromatic carbocycles. The number of para-hydroxylation sites is 1. The van der Waals surface area contributed by atoms with Crippen molar-refractivity contribution in [3.63, 3.8) is 0 Å². The second-order valence-corrected chi connectivity index (χ2v) is 4.52. The Balaban J connectivity index is 1.90. The zero-order chi connectivity index (χ0) is 14.4. The van der Waals surface area contributed by atoms with Crippen molar-refractivity contribution in [3.05, 3.63) is 53.6 Å². The summed E-state index contributed by atoms with van der Waals surface area (Å²) in [4.78, 5) is 11.8. The lowest BCUT2D eigenvalue weighted by Gasteiger charge is -2.09. The van der Waals surface area contributed by atoms with Crippen molar-refractivity contribution >= 4 is 28.9 Å². The highest BCUT2D eigenvalue weighted by molar-refractivity contribution is 6.33. The van der Waals surface area contributed by atoms with E-state index in [0.717, 1.165) is 11.4 Å². The monoisotopic (exact) mass is 290 g/mol. The van der Waals surface area contributed by atoms with Gasteiger partial charge < -0.3 is 15.4 Å². The number of ether oxygens (including phenoxy) is 1. The number of halogens is 1. The minimum atomic E-state index is -0.166. The van der Waals surface area contributed by atoms with Crippen LogP contribution in [0.25, 0.3) is 0 Å². The Bertz CT molecular complexity index is 602. The van der Waals surface area contributed by atoms with Crippen LogP contribution < -0.4 is 15.4 Å². The number of amides is 1. The fraction of sp³-hybridized carbons (Fsp3) is 0.133. The van der Waals surface area contributed by atoms with Gasteiger partial charge in [-0.25, -0.2) is 0 Å². The molecular weight excluding hydrogens is 276 g/mol. The van der Waals surface area contributed by atoms with E-state index in [1.165, 1.54) is 0 Å². The van der Waals surface area contributed by atoms with Crippen molar-refractivity contribution in [1.29, 1.82) is 0 Å². The fourth-order valence-corrected chi connectivity index (χ4v) is 1.86. The predicted molar refractivity (Wildman–Crippen MR) is 81.6 cm³/mol. The number of carbonyl (C=O) groups is 1. The predicted octanol–water partition coefficient (Wildman–Crippen LogP) is 3.40. The van der Waals surface area contributed by atoms with Gasteiger partial charge in [-0.1, -0.05) is 29.8 Å². The number of nitrogens with one attached hydrogen (secondary N) is 2. The molecule has 1 amide bonds. The summed E-state index contributed by atoms with van der Waals surface area (Å²) < 4.78 is 5.12. The molecule has 2 N–H and O–H groups in total. The summed E-state index contributed by atoms with van der Waals surface area (Å²) in [5.41, 5.74) is 1.42. The molecule has 0 saturated heterocycles. The SMILES string of the molecule is COc1cccc(NCC(=O)Nc2ccccc2Cl)c1. The maximum atomic E-state index is 11.8. The minimum absolute atomic E-state index is 0.151. The second-order valence-electron chi connectivity index (χ2n) is 4.11. The van der Waals surface area contributed by atoms with E-state index >= 15 is 0 Å². The highest BCUT2D eigenvalue weighted by atomic mass is 35.5. The summed E-state index contributed by atoms with van der Waals surface area (Å²) in [6.07, 6.45) is 0. The molecule has 2 rings (SSSR count). The lowest BCUT2D eigenvalue weighted by atomic mass is 10.3. The second kappa shape index (κ2) is 6.82. The first kappa shape index (κ1) is 14.2. The smallest absolute Gasteiger partial charge is 0.243 e. The van der Waals surface area contributed by atoms with Gasteiger partial charge >= 0.3 is 0 Å². The molecular formula is C15H15ClN2O2. The molecule has 0 fully saturated rings. The van der Waals surface area contributed by atoms with E-state index in [2.05, 4.69) is 10.6 Å². The van der Waals surface area contributed by atoms with Crippen molar-refractivity contribution in [2.45, 2.75) is 0 Å². The average molecular weight is 291 g/mol. The lowest BCUT2D eigenvalue weighted by molar-refractivity contribution is -0.114. The first-order valence-electron chi connectivity index (χ1n) is 6.11. The van der Waals surface area contributed by atoms with E-state index in [0.29, 0.717) is 10.7 Å². The van der Waals surface area contributed by atoms with Gasteiger partial charge in [0.2, 0.25) is 5.91 Å². The Morgan fingerprint density at radius 2 is 2.00 bits per heavy atom. The number of hydrogen-bond donors (Lipinski definition) is 2. The summed E-state index contributed by atoms with van der Waals surface area (Å²) in [5.74, 6) is 0.572. The summed E-state index contributed by atoms with van der Waals surface area (Å²) in [6, 6.07) is 14.5. The Kier molecular flexibility index (Phi) is 4.85. The zero-order valence-electron chi connectivity index (χ0n) is 11.0. The van der Waals surface area contributed by atoms with Gasteiger partial charge in [0, 0.05) is 11.8 Å². The molecule has 5 heteroatoms. The van der Waals surface area contributed by atoms with Crippen LogP contribution in [0, 0.1) is 0 Å². The summed E-state index contributed by atoms with van der Waals surface area (Å²) >= 11 is 5.97. The van der Waals surface area contributed by atoms with Crippen LogP contribution >= 0.6 is 11.6 Å². The van der Waals surface area contributed by atoms with Crippen LogP contribution in [-0.4, -0.2) is 19.6 Å². The number of benzene rings is 2. The van der Waals surface area contributed by atoms with E-state index in [4.69, 9.17) is 16.3 Å². The van der Waals surface area contributed by atoms with Crippen LogP contribution in [0.2, 0.25) is 5.02 Å². The minimum Gasteiger partial charge on any atom is -0.497 e. The van der Waals surface area contributed by atoms with Crippen molar-refractivity contribution in [2.75, 3.05) is 24.3 Å². The van der Waals surface area contributed by atoms with Crippen molar-refractivity contribution in [1.82, 2.24) is 0 Å². The van der Waals surface area contributed by atoms with Crippen LogP contribution in [0.5, 0.6) is 5.75 Å². The molecule has 0 radical (unpaired) electrons.